The van der Waals surface area contributed by atoms with Gasteiger partial charge in [-0.3, -0.25) is 14.1 Å². The van der Waals surface area contributed by atoms with Crippen LogP contribution in [-0.4, -0.2) is 37.9 Å². The second-order valence-corrected chi connectivity index (χ2v) is 6.47. The highest BCUT2D eigenvalue weighted by Gasteiger charge is 2.36. The third-order valence-electron chi connectivity index (χ3n) is 4.47. The van der Waals surface area contributed by atoms with E-state index in [4.69, 9.17) is 10.5 Å². The number of nitrogens with two attached hydrogens (primary N) is 1. The number of cyclic esters (lactones) is 1. The Morgan fingerprint density at radius 1 is 1.25 bits per heavy atom. The zero-order valence-corrected chi connectivity index (χ0v) is 15.2. The second kappa shape index (κ2) is 8.79. The van der Waals surface area contributed by atoms with Gasteiger partial charge < -0.3 is 15.8 Å². The minimum Gasteiger partial charge on any atom is -0.434 e. The lowest BCUT2D eigenvalue weighted by molar-refractivity contribution is -0.124. The molecule has 2 aromatic carbocycles. The Labute approximate surface area is 161 Å². The van der Waals surface area contributed by atoms with Crippen molar-refractivity contribution in [1.82, 2.24) is 5.32 Å². The summed E-state index contributed by atoms with van der Waals surface area (Å²) in [5, 5.41) is 3.13. The van der Waals surface area contributed by atoms with Crippen molar-refractivity contribution in [3.8, 4) is 11.1 Å². The molecule has 6 nitrogen and oxygen atoms in total. The van der Waals surface area contributed by atoms with Crippen LogP contribution in [0.2, 0.25) is 0 Å². The van der Waals surface area contributed by atoms with Gasteiger partial charge in [-0.2, -0.15) is 0 Å². The van der Waals surface area contributed by atoms with Crippen molar-refractivity contribution in [2.75, 3.05) is 24.7 Å². The van der Waals surface area contributed by atoms with E-state index in [9.17, 15) is 18.4 Å². The van der Waals surface area contributed by atoms with Crippen LogP contribution in [0.25, 0.3) is 11.1 Å². The number of anilines is 1. The summed E-state index contributed by atoms with van der Waals surface area (Å²) in [7, 11) is 0. The van der Waals surface area contributed by atoms with Gasteiger partial charge in [-0.05, 0) is 42.3 Å². The topological polar surface area (TPSA) is 84.7 Å². The summed E-state index contributed by atoms with van der Waals surface area (Å²) in [5.41, 5.74) is 7.53. The standard InChI is InChI=1S/C20H21F2N3O3/c21-8-1-9-24-11-13-2-4-14(5-3-13)16-7-6-15(10-17(16)22)25-12-18(19(23)26)28-20(25)27/h2-7,10,18,24H,1,8-9,11-12H2,(H2,23,26). The molecule has 1 saturated heterocycles. The fourth-order valence-corrected chi connectivity index (χ4v) is 2.95. The van der Waals surface area contributed by atoms with Crippen LogP contribution in [0.3, 0.4) is 0 Å². The van der Waals surface area contributed by atoms with Crippen molar-refractivity contribution in [3.63, 3.8) is 0 Å². The number of carbonyl (C=O) groups is 2. The molecule has 1 aliphatic heterocycles. The van der Waals surface area contributed by atoms with E-state index < -0.39 is 23.9 Å². The summed E-state index contributed by atoms with van der Waals surface area (Å²) in [4.78, 5) is 24.2. The number of primary amides is 1. The summed E-state index contributed by atoms with van der Waals surface area (Å²) in [6, 6.07) is 11.8. The Balaban J connectivity index is 1.70. The molecule has 2 amide bonds. The molecule has 1 fully saturated rings. The van der Waals surface area contributed by atoms with Gasteiger partial charge >= 0.3 is 6.09 Å². The van der Waals surface area contributed by atoms with Crippen molar-refractivity contribution < 1.29 is 23.1 Å². The van der Waals surface area contributed by atoms with Gasteiger partial charge in [-0.1, -0.05) is 24.3 Å². The molecule has 1 aliphatic rings. The van der Waals surface area contributed by atoms with Gasteiger partial charge in [-0.15, -0.1) is 0 Å². The smallest absolute Gasteiger partial charge is 0.415 e. The van der Waals surface area contributed by atoms with E-state index in [0.29, 0.717) is 36.3 Å². The van der Waals surface area contributed by atoms with Gasteiger partial charge in [-0.25, -0.2) is 9.18 Å². The number of halogens is 2. The van der Waals surface area contributed by atoms with E-state index in [0.717, 1.165) is 5.56 Å². The maximum atomic E-state index is 14.6. The van der Waals surface area contributed by atoms with E-state index in [-0.39, 0.29) is 13.2 Å². The van der Waals surface area contributed by atoms with E-state index >= 15 is 0 Å². The maximum absolute atomic E-state index is 14.6. The first kappa shape index (κ1) is 19.8. The fourth-order valence-electron chi connectivity index (χ4n) is 2.95. The van der Waals surface area contributed by atoms with Crippen molar-refractivity contribution in [2.45, 2.75) is 19.1 Å². The van der Waals surface area contributed by atoms with Crippen LogP contribution in [0.5, 0.6) is 0 Å². The monoisotopic (exact) mass is 389 g/mol. The van der Waals surface area contributed by atoms with E-state index in [1.807, 2.05) is 12.1 Å². The Morgan fingerprint density at radius 2 is 2.00 bits per heavy atom. The number of nitrogens with one attached hydrogen (secondary N) is 1. The highest BCUT2D eigenvalue weighted by molar-refractivity contribution is 5.95. The Morgan fingerprint density at radius 3 is 2.61 bits per heavy atom. The number of alkyl halides is 1. The molecule has 0 bridgehead atoms. The van der Waals surface area contributed by atoms with Crippen molar-refractivity contribution >= 4 is 17.7 Å². The molecule has 0 spiro atoms. The molecule has 0 radical (unpaired) electrons. The highest BCUT2D eigenvalue weighted by Crippen LogP contribution is 2.29. The van der Waals surface area contributed by atoms with Gasteiger partial charge in [0.2, 0.25) is 0 Å². The first-order valence-electron chi connectivity index (χ1n) is 8.92. The first-order chi connectivity index (χ1) is 13.5. The number of nitrogens with zero attached hydrogens (tertiary/aromatic N) is 1. The number of benzene rings is 2. The SMILES string of the molecule is NC(=O)C1CN(c2ccc(-c3ccc(CNCCCF)cc3)c(F)c2)C(=O)O1. The zero-order valence-electron chi connectivity index (χ0n) is 15.2. The summed E-state index contributed by atoms with van der Waals surface area (Å²) >= 11 is 0. The molecule has 0 aliphatic carbocycles. The summed E-state index contributed by atoms with van der Waals surface area (Å²) in [6.07, 6.45) is -1.30. The number of rotatable bonds is 8. The molecule has 2 aromatic rings. The van der Waals surface area contributed by atoms with Crippen LogP contribution in [0.4, 0.5) is 19.3 Å². The summed E-state index contributed by atoms with van der Waals surface area (Å²) in [5.74, 6) is -1.24. The van der Waals surface area contributed by atoms with Gasteiger partial charge in [0.05, 0.1) is 18.9 Å². The average Bonchev–Trinajstić information content (AvgIpc) is 3.08. The second-order valence-electron chi connectivity index (χ2n) is 6.47. The molecular formula is C20H21F2N3O3. The Kier molecular flexibility index (Phi) is 6.20. The molecule has 3 rings (SSSR count). The quantitative estimate of drug-likeness (QED) is 0.680. The highest BCUT2D eigenvalue weighted by atomic mass is 19.1. The lowest BCUT2D eigenvalue weighted by Crippen LogP contribution is -2.32. The lowest BCUT2D eigenvalue weighted by atomic mass is 10.0. The molecular weight excluding hydrogens is 368 g/mol. The average molecular weight is 389 g/mol. The van der Waals surface area contributed by atoms with Crippen molar-refractivity contribution in [1.29, 1.82) is 0 Å². The molecule has 3 N–H and O–H groups in total. The summed E-state index contributed by atoms with van der Waals surface area (Å²) < 4.78 is 31.6. The molecule has 1 unspecified atom stereocenters. The van der Waals surface area contributed by atoms with Gasteiger partial charge in [0.15, 0.2) is 6.10 Å². The van der Waals surface area contributed by atoms with Crippen LogP contribution >= 0.6 is 0 Å². The number of amides is 2. The third kappa shape index (κ3) is 4.45. The van der Waals surface area contributed by atoms with Gasteiger partial charge in [0, 0.05) is 12.1 Å². The lowest BCUT2D eigenvalue weighted by Gasteiger charge is -2.14. The van der Waals surface area contributed by atoms with Crippen LogP contribution in [0.1, 0.15) is 12.0 Å². The number of ether oxygens (including phenoxy) is 1. The fraction of sp³-hybridized carbons (Fsp3) is 0.300. The minimum absolute atomic E-state index is 0.0446. The number of carbonyl (C=O) groups excluding carboxylic acids is 2. The number of hydrogen-bond donors (Lipinski definition) is 2. The molecule has 8 heteroatoms. The van der Waals surface area contributed by atoms with Crippen LogP contribution < -0.4 is 16.0 Å². The molecule has 148 valence electrons. The zero-order chi connectivity index (χ0) is 20.1. The molecule has 0 aromatic heterocycles. The predicted octanol–water partition coefficient (Wildman–Crippen LogP) is 2.75. The third-order valence-corrected chi connectivity index (χ3v) is 4.47. The Hall–Kier alpha value is -3.00. The number of hydrogen-bond acceptors (Lipinski definition) is 4. The van der Waals surface area contributed by atoms with Crippen LogP contribution in [0.15, 0.2) is 42.5 Å². The molecule has 1 atom stereocenters. The molecule has 0 saturated carbocycles. The maximum Gasteiger partial charge on any atom is 0.415 e. The summed E-state index contributed by atoms with van der Waals surface area (Å²) in [6.45, 7) is 0.820. The van der Waals surface area contributed by atoms with E-state index in [1.165, 1.54) is 11.0 Å². The Bertz CT molecular complexity index is 858. The first-order valence-corrected chi connectivity index (χ1v) is 8.92. The van der Waals surface area contributed by atoms with Crippen molar-refractivity contribution in [2.24, 2.45) is 5.73 Å². The predicted molar refractivity (Wildman–Crippen MR) is 101 cm³/mol. The van der Waals surface area contributed by atoms with E-state index in [1.54, 1.807) is 24.3 Å². The van der Waals surface area contributed by atoms with Gasteiger partial charge in [0.1, 0.15) is 5.82 Å². The van der Waals surface area contributed by atoms with Crippen LogP contribution in [0, 0.1) is 5.82 Å². The molecule has 1 heterocycles. The normalized spacial score (nSPS) is 16.3. The van der Waals surface area contributed by atoms with Crippen molar-refractivity contribution in [3.05, 3.63) is 53.8 Å². The molecule has 28 heavy (non-hydrogen) atoms. The minimum atomic E-state index is -1.04. The van der Waals surface area contributed by atoms with Gasteiger partial charge in [0.25, 0.3) is 5.91 Å². The largest absolute Gasteiger partial charge is 0.434 e. The van der Waals surface area contributed by atoms with Crippen LogP contribution in [-0.2, 0) is 16.1 Å². The van der Waals surface area contributed by atoms with E-state index in [2.05, 4.69) is 5.32 Å².